The van der Waals surface area contributed by atoms with Gasteiger partial charge in [-0.3, -0.25) is 9.35 Å². The van der Waals surface area contributed by atoms with Gasteiger partial charge >= 0.3 is 10.4 Å². The highest BCUT2D eigenvalue weighted by Crippen LogP contribution is 2.67. The van der Waals surface area contributed by atoms with Crippen LogP contribution in [0.1, 0.15) is 121 Å². The lowest BCUT2D eigenvalue weighted by Gasteiger charge is -2.60. The van der Waals surface area contributed by atoms with Gasteiger partial charge in [-0.2, -0.15) is 8.42 Å². The first-order valence-corrected chi connectivity index (χ1v) is 32.1. The molecule has 9 rings (SSSR count). The molecule has 9 aliphatic rings. The minimum absolute atomic E-state index is 0.000422. The number of allylic oxidation sites excluding steroid dienone is 2. The van der Waals surface area contributed by atoms with Crippen LogP contribution in [0.2, 0.25) is 0 Å². The molecule has 0 bridgehead atoms. The number of carbonyl (C=O) groups is 1. The number of aliphatic hydroxyl groups is 12. The molecule has 0 radical (unpaired) electrons. The molecule has 5 heterocycles. The molecule has 5 saturated heterocycles. The third-order valence-corrected chi connectivity index (χ3v) is 21.9. The highest BCUT2D eigenvalue weighted by molar-refractivity contribution is 7.80. The smallest absolute Gasteiger partial charge is 0.389 e. The Kier molecular flexibility index (Phi) is 21.3. The van der Waals surface area contributed by atoms with E-state index in [1.165, 1.54) is 27.7 Å². The summed E-state index contributed by atoms with van der Waals surface area (Å²) in [5.41, 5.74) is -1.29. The summed E-state index contributed by atoms with van der Waals surface area (Å²) in [7, 11) is -3.74. The Morgan fingerprint density at radius 2 is 1.10 bits per heavy atom. The van der Waals surface area contributed by atoms with E-state index in [2.05, 4.69) is 19.9 Å². The number of ketones is 1. The normalized spacial score (nSPS) is 51.6. The maximum absolute atomic E-state index is 13.6. The molecule has 0 spiro atoms. The van der Waals surface area contributed by atoms with Gasteiger partial charge in [-0.1, -0.05) is 46.3 Å². The molecule has 28 nitrogen and oxygen atoms in total. The van der Waals surface area contributed by atoms with Gasteiger partial charge in [-0.15, -0.1) is 0 Å². The zero-order valence-electron chi connectivity index (χ0n) is 51.1. The summed E-state index contributed by atoms with van der Waals surface area (Å²) in [6, 6.07) is 0. The second-order valence-electron chi connectivity index (χ2n) is 27.3. The summed E-state index contributed by atoms with van der Waals surface area (Å²) >= 11 is 0. The zero-order chi connectivity index (χ0) is 64.1. The highest BCUT2D eigenvalue weighted by atomic mass is 32.3. The van der Waals surface area contributed by atoms with Crippen LogP contribution in [0.5, 0.6) is 0 Å². The number of fused-ring (bicyclic) bond motifs is 5. The van der Waals surface area contributed by atoms with Crippen molar-refractivity contribution in [1.82, 2.24) is 0 Å². The number of methoxy groups -OCH3 is 1. The van der Waals surface area contributed by atoms with Gasteiger partial charge in [-0.25, -0.2) is 4.18 Å². The van der Waals surface area contributed by atoms with Crippen molar-refractivity contribution in [3.8, 4) is 0 Å². The highest BCUT2D eigenvalue weighted by Gasteiger charge is 2.64. The molecule has 87 heavy (non-hydrogen) atoms. The van der Waals surface area contributed by atoms with Crippen LogP contribution >= 0.6 is 0 Å². The van der Waals surface area contributed by atoms with Gasteiger partial charge in [0.2, 0.25) is 0 Å². The molecule has 5 aliphatic heterocycles. The molecule has 8 fully saturated rings. The molecule has 4 aliphatic carbocycles. The lowest BCUT2D eigenvalue weighted by Crippen LogP contribution is -2.68. The Hall–Kier alpha value is -1.64. The number of carbonyl (C=O) groups excluding carboxylic acids is 1. The predicted octanol–water partition coefficient (Wildman–Crippen LogP) is -1.43. The van der Waals surface area contributed by atoms with Gasteiger partial charge in [0.15, 0.2) is 37.7 Å². The van der Waals surface area contributed by atoms with Crippen molar-refractivity contribution >= 4 is 16.2 Å². The molecule has 502 valence electrons. The molecule has 0 amide bonds. The van der Waals surface area contributed by atoms with Crippen LogP contribution in [0, 0.1) is 46.3 Å². The largest absolute Gasteiger partial charge is 0.397 e. The van der Waals surface area contributed by atoms with E-state index in [4.69, 9.17) is 56.3 Å². The Balaban J connectivity index is 0.996. The van der Waals surface area contributed by atoms with Gasteiger partial charge in [0.25, 0.3) is 0 Å². The van der Waals surface area contributed by atoms with Crippen LogP contribution in [-0.2, 0) is 71.5 Å². The first kappa shape index (κ1) is 69.7. The summed E-state index contributed by atoms with van der Waals surface area (Å²) in [5, 5.41) is 136. The first-order valence-electron chi connectivity index (χ1n) is 30.7. The second kappa shape index (κ2) is 26.6. The fourth-order valence-corrected chi connectivity index (χ4v) is 16.5. The van der Waals surface area contributed by atoms with Gasteiger partial charge in [0.05, 0.1) is 42.2 Å². The molecule has 29 heteroatoms. The molecule has 0 aromatic rings. The van der Waals surface area contributed by atoms with E-state index in [1.807, 2.05) is 20.8 Å². The van der Waals surface area contributed by atoms with E-state index in [1.54, 1.807) is 6.92 Å². The van der Waals surface area contributed by atoms with Gasteiger partial charge in [0.1, 0.15) is 97.3 Å². The zero-order valence-corrected chi connectivity index (χ0v) is 51.9. The van der Waals surface area contributed by atoms with Crippen LogP contribution in [0.3, 0.4) is 0 Å². The van der Waals surface area contributed by atoms with Crippen molar-refractivity contribution in [3.05, 3.63) is 11.6 Å². The summed E-state index contributed by atoms with van der Waals surface area (Å²) in [5.74, 6) is -1.09. The molecule has 3 saturated carbocycles. The van der Waals surface area contributed by atoms with E-state index < -0.39 is 199 Å². The molecule has 35 unspecified atom stereocenters. The van der Waals surface area contributed by atoms with Crippen LogP contribution < -0.4 is 0 Å². The Labute approximate surface area is 507 Å². The van der Waals surface area contributed by atoms with Crippen LogP contribution in [0.15, 0.2) is 11.6 Å². The second-order valence-corrected chi connectivity index (χ2v) is 28.4. The monoisotopic (exact) mass is 1270 g/mol. The van der Waals surface area contributed by atoms with E-state index in [9.17, 15) is 79.0 Å². The van der Waals surface area contributed by atoms with Crippen LogP contribution in [-0.4, -0.2) is 259 Å². The number of Topliss-reactive ketones (excluding diaryl/α,β-unsaturated/α-hetero) is 1. The molecular weight excluding hydrogens is 1180 g/mol. The Morgan fingerprint density at radius 1 is 0.598 bits per heavy atom. The summed E-state index contributed by atoms with van der Waals surface area (Å²) in [6.07, 6.45) is -38.7. The van der Waals surface area contributed by atoms with E-state index in [0.717, 1.165) is 19.1 Å². The number of hydrogen-bond acceptors (Lipinski definition) is 27. The SMILES string of the molecule is COC1OC(OC2C(C)OC(OC3C(O)C(C)OC(OC4CC5C(=CCC6(C)C5CCC6C(C)(O)CC(=O)C(C)C(C)C)C5(C)CCC(OS(=O)(=O)O)CC45)C3O)C(OC3OC(C)C(O)C(O)C3O)C2O)C(OC2OC(C)C(O)C(O)C2O)C(O)C1O. The van der Waals surface area contributed by atoms with Gasteiger partial charge in [0, 0.05) is 19.4 Å². The minimum Gasteiger partial charge on any atom is -0.389 e. The van der Waals surface area contributed by atoms with E-state index >= 15 is 0 Å². The summed E-state index contributed by atoms with van der Waals surface area (Å²) < 4.78 is 107. The van der Waals surface area contributed by atoms with Crippen LogP contribution in [0.25, 0.3) is 0 Å². The van der Waals surface area contributed by atoms with Crippen molar-refractivity contribution in [2.45, 2.75) is 292 Å². The third kappa shape index (κ3) is 13.6. The van der Waals surface area contributed by atoms with Gasteiger partial charge in [-0.05, 0) is 120 Å². The number of aliphatic hydroxyl groups excluding tert-OH is 11. The lowest BCUT2D eigenvalue weighted by atomic mass is 9.47. The van der Waals surface area contributed by atoms with Crippen molar-refractivity contribution in [3.63, 3.8) is 0 Å². The van der Waals surface area contributed by atoms with Crippen molar-refractivity contribution in [2.24, 2.45) is 46.3 Å². The van der Waals surface area contributed by atoms with Crippen molar-refractivity contribution in [1.29, 1.82) is 0 Å². The quantitative estimate of drug-likeness (QED) is 0.0553. The van der Waals surface area contributed by atoms with Crippen molar-refractivity contribution < 1.29 is 135 Å². The average Bonchev–Trinajstić information content (AvgIpc) is 1.70. The van der Waals surface area contributed by atoms with Crippen molar-refractivity contribution in [2.75, 3.05) is 7.11 Å². The van der Waals surface area contributed by atoms with Gasteiger partial charge < -0.3 is 113 Å². The molecule has 0 aromatic heterocycles. The molecule has 0 aromatic carbocycles. The Morgan fingerprint density at radius 3 is 1.67 bits per heavy atom. The average molecular weight is 1270 g/mol. The fourth-order valence-electron chi connectivity index (χ4n) is 16.0. The topological polar surface area (TPSA) is 425 Å². The summed E-state index contributed by atoms with van der Waals surface area (Å²) in [6.45, 7) is 17.5. The minimum atomic E-state index is -4.89. The predicted molar refractivity (Wildman–Crippen MR) is 295 cm³/mol. The molecular formula is C58H96O28S. The number of hydrogen-bond donors (Lipinski definition) is 13. The molecule has 35 atom stereocenters. The van der Waals surface area contributed by atoms with E-state index in [-0.39, 0.29) is 54.6 Å². The Bertz CT molecular complexity index is 2490. The third-order valence-electron chi connectivity index (χ3n) is 21.4. The fraction of sp³-hybridized carbons (Fsp3) is 0.948. The van der Waals surface area contributed by atoms with Crippen LogP contribution in [0.4, 0.5) is 0 Å². The molecule has 13 N–H and O–H groups in total. The van der Waals surface area contributed by atoms with E-state index in [0.29, 0.717) is 25.7 Å². The number of ether oxygens (including phenoxy) is 11. The lowest BCUT2D eigenvalue weighted by molar-refractivity contribution is -0.416. The maximum atomic E-state index is 13.6. The number of rotatable bonds is 18. The standard InChI is InChI=1S/C58H96O28S/c1-21(2)22(3)32(59)20-58(10,71)34-13-12-29-28-19-33(31-18-27(86-87(72,73)74)14-16-56(31,8)30(28)15-17-57(29,34)9)80-53-45(70)47(37(62)25(6)78-53)82-54-49(84-52-42(67)39(64)36(61)24(5)77-52)44(69)46(26(7)79-54)81-55-48(40(65)43(68)50(75-11)85-55)83-51-41(66)38(63)35(60)23(4)76-51/h15,21-29,31,33-55,60-71H,12-14,16-20H2,1-11H3,(H,72,73,74). The summed E-state index contributed by atoms with van der Waals surface area (Å²) in [4.78, 5) is 13.6. The maximum Gasteiger partial charge on any atom is 0.397 e. The first-order chi connectivity index (χ1) is 40.5.